The van der Waals surface area contributed by atoms with Gasteiger partial charge in [-0.3, -0.25) is 4.79 Å². The first-order chi connectivity index (χ1) is 11.5. The Morgan fingerprint density at radius 1 is 1.33 bits per heavy atom. The highest BCUT2D eigenvalue weighted by atomic mass is 32.2. The van der Waals surface area contributed by atoms with Crippen LogP contribution in [-0.4, -0.2) is 32.5 Å². The molecule has 1 N–H and O–H groups in total. The second-order valence-corrected chi connectivity index (χ2v) is 8.15. The van der Waals surface area contributed by atoms with Crippen LogP contribution in [0.5, 0.6) is 0 Å². The second-order valence-electron chi connectivity index (χ2n) is 6.26. The van der Waals surface area contributed by atoms with Gasteiger partial charge < -0.3 is 9.88 Å². The normalized spacial score (nSPS) is 12.5. The number of hydrogen-bond acceptors (Lipinski definition) is 5. The Balaban J connectivity index is 1.89. The van der Waals surface area contributed by atoms with Gasteiger partial charge in [0.1, 0.15) is 0 Å². The number of carbonyl (C=O) groups is 1. The molecule has 24 heavy (non-hydrogen) atoms. The molecule has 0 radical (unpaired) electrons. The molecule has 0 aliphatic rings. The first-order valence-corrected chi connectivity index (χ1v) is 10.3. The van der Waals surface area contributed by atoms with Gasteiger partial charge in [-0.05, 0) is 44.1 Å². The highest BCUT2D eigenvalue weighted by molar-refractivity contribution is 7.99. The van der Waals surface area contributed by atoms with Crippen molar-refractivity contribution in [1.82, 2.24) is 20.1 Å². The lowest BCUT2D eigenvalue weighted by atomic mass is 10.0. The number of amides is 1. The molecule has 0 saturated heterocycles. The standard InChI is InChI=1S/C17H26N4OS2/c1-5-21-16(14-7-6-10-23-14)19-20-17(21)24-11-15(22)18-13(4)9-8-12(2)3/h6-7,10,12-13H,5,8-9,11H2,1-4H3,(H,18,22)/t13-/m0/s1. The molecular weight excluding hydrogens is 340 g/mol. The summed E-state index contributed by atoms with van der Waals surface area (Å²) in [4.78, 5) is 13.2. The molecular formula is C17H26N4OS2. The number of carbonyl (C=O) groups excluding carboxylic acids is 1. The Kier molecular flexibility index (Phi) is 7.30. The number of nitrogens with zero attached hydrogens (tertiary/aromatic N) is 3. The average Bonchev–Trinajstić information content (AvgIpc) is 3.19. The van der Waals surface area contributed by atoms with Gasteiger partial charge in [0.25, 0.3) is 0 Å². The minimum Gasteiger partial charge on any atom is -0.353 e. The van der Waals surface area contributed by atoms with E-state index in [1.54, 1.807) is 11.3 Å². The van der Waals surface area contributed by atoms with Crippen molar-refractivity contribution in [2.24, 2.45) is 5.92 Å². The van der Waals surface area contributed by atoms with Crippen molar-refractivity contribution in [3.8, 4) is 10.7 Å². The fraction of sp³-hybridized carbons (Fsp3) is 0.588. The molecule has 5 nitrogen and oxygen atoms in total. The summed E-state index contributed by atoms with van der Waals surface area (Å²) in [5.74, 6) is 1.96. The van der Waals surface area contributed by atoms with Crippen molar-refractivity contribution >= 4 is 29.0 Å². The van der Waals surface area contributed by atoms with E-state index in [2.05, 4.69) is 47.8 Å². The molecule has 0 saturated carbocycles. The maximum atomic E-state index is 12.1. The van der Waals surface area contributed by atoms with Gasteiger partial charge in [0.05, 0.1) is 10.6 Å². The van der Waals surface area contributed by atoms with Crippen molar-refractivity contribution in [3.63, 3.8) is 0 Å². The van der Waals surface area contributed by atoms with Crippen molar-refractivity contribution in [2.45, 2.75) is 58.3 Å². The van der Waals surface area contributed by atoms with Crippen molar-refractivity contribution in [2.75, 3.05) is 5.75 Å². The third-order valence-electron chi connectivity index (χ3n) is 3.69. The van der Waals surface area contributed by atoms with Crippen LogP contribution in [0.25, 0.3) is 10.7 Å². The lowest BCUT2D eigenvalue weighted by Gasteiger charge is -2.15. The van der Waals surface area contributed by atoms with Crippen LogP contribution in [0.2, 0.25) is 0 Å². The third kappa shape index (κ3) is 5.34. The Bertz CT molecular complexity index is 637. The van der Waals surface area contributed by atoms with E-state index in [1.807, 2.05) is 17.5 Å². The molecule has 0 bridgehead atoms. The quantitative estimate of drug-likeness (QED) is 0.680. The van der Waals surface area contributed by atoms with E-state index in [4.69, 9.17) is 0 Å². The van der Waals surface area contributed by atoms with E-state index in [9.17, 15) is 4.79 Å². The molecule has 2 aromatic heterocycles. The van der Waals surface area contributed by atoms with Gasteiger partial charge in [0, 0.05) is 12.6 Å². The molecule has 2 rings (SSSR count). The van der Waals surface area contributed by atoms with Gasteiger partial charge in [-0.25, -0.2) is 0 Å². The molecule has 0 spiro atoms. The molecule has 0 fully saturated rings. The molecule has 2 heterocycles. The van der Waals surface area contributed by atoms with Gasteiger partial charge in [-0.2, -0.15) is 0 Å². The van der Waals surface area contributed by atoms with Gasteiger partial charge in [0.2, 0.25) is 5.91 Å². The number of thioether (sulfide) groups is 1. The van der Waals surface area contributed by atoms with E-state index in [1.165, 1.54) is 11.8 Å². The number of nitrogens with one attached hydrogen (secondary N) is 1. The Morgan fingerprint density at radius 3 is 2.75 bits per heavy atom. The molecule has 0 aliphatic carbocycles. The zero-order valence-electron chi connectivity index (χ0n) is 14.8. The van der Waals surface area contributed by atoms with E-state index >= 15 is 0 Å². The highest BCUT2D eigenvalue weighted by Crippen LogP contribution is 2.27. The van der Waals surface area contributed by atoms with Crippen LogP contribution in [0.1, 0.15) is 40.5 Å². The van der Waals surface area contributed by atoms with Crippen molar-refractivity contribution in [3.05, 3.63) is 17.5 Å². The van der Waals surface area contributed by atoms with Gasteiger partial charge in [-0.15, -0.1) is 21.5 Å². The summed E-state index contributed by atoms with van der Waals surface area (Å²) in [6, 6.07) is 4.26. The van der Waals surface area contributed by atoms with Crippen molar-refractivity contribution < 1.29 is 4.79 Å². The highest BCUT2D eigenvalue weighted by Gasteiger charge is 2.15. The van der Waals surface area contributed by atoms with Gasteiger partial charge in [-0.1, -0.05) is 31.7 Å². The summed E-state index contributed by atoms with van der Waals surface area (Å²) in [5.41, 5.74) is 0. The summed E-state index contributed by atoms with van der Waals surface area (Å²) in [6.45, 7) is 9.32. The minimum absolute atomic E-state index is 0.0552. The average molecular weight is 367 g/mol. The Morgan fingerprint density at radius 2 is 2.12 bits per heavy atom. The molecule has 0 aliphatic heterocycles. The molecule has 0 unspecified atom stereocenters. The van der Waals surface area contributed by atoms with Crippen LogP contribution in [0.4, 0.5) is 0 Å². The molecule has 1 atom stereocenters. The fourth-order valence-electron chi connectivity index (χ4n) is 2.37. The number of thiophene rings is 1. The first-order valence-electron chi connectivity index (χ1n) is 8.40. The molecule has 0 aromatic carbocycles. The van der Waals surface area contributed by atoms with E-state index in [0.29, 0.717) is 11.7 Å². The minimum atomic E-state index is 0.0552. The summed E-state index contributed by atoms with van der Waals surface area (Å²) in [6.07, 6.45) is 2.14. The van der Waals surface area contributed by atoms with E-state index in [-0.39, 0.29) is 11.9 Å². The Labute approximate surface area is 152 Å². The Hall–Kier alpha value is -1.34. The predicted octanol–water partition coefficient (Wildman–Crippen LogP) is 4.06. The maximum absolute atomic E-state index is 12.1. The SMILES string of the molecule is CCn1c(SCC(=O)N[C@@H](C)CCC(C)C)nnc1-c1cccs1. The lowest BCUT2D eigenvalue weighted by Crippen LogP contribution is -2.34. The van der Waals surface area contributed by atoms with Crippen LogP contribution in [0.3, 0.4) is 0 Å². The van der Waals surface area contributed by atoms with Crippen LogP contribution in [0.15, 0.2) is 22.7 Å². The molecule has 132 valence electrons. The lowest BCUT2D eigenvalue weighted by molar-refractivity contribution is -0.119. The first kappa shape index (κ1) is 19.0. The van der Waals surface area contributed by atoms with E-state index < -0.39 is 0 Å². The largest absolute Gasteiger partial charge is 0.353 e. The van der Waals surface area contributed by atoms with Gasteiger partial charge in [0.15, 0.2) is 11.0 Å². The summed E-state index contributed by atoms with van der Waals surface area (Å²) >= 11 is 3.09. The molecule has 1 amide bonds. The molecule has 2 aromatic rings. The second kappa shape index (κ2) is 9.22. The zero-order chi connectivity index (χ0) is 17.5. The topological polar surface area (TPSA) is 59.8 Å². The summed E-state index contributed by atoms with van der Waals surface area (Å²) in [7, 11) is 0. The molecule has 7 heteroatoms. The predicted molar refractivity (Wildman–Crippen MR) is 101 cm³/mol. The summed E-state index contributed by atoms with van der Waals surface area (Å²) in [5, 5.41) is 14.4. The number of hydrogen-bond donors (Lipinski definition) is 1. The number of aromatic nitrogens is 3. The fourth-order valence-corrected chi connectivity index (χ4v) is 3.90. The van der Waals surface area contributed by atoms with E-state index in [0.717, 1.165) is 35.2 Å². The van der Waals surface area contributed by atoms with Crippen LogP contribution >= 0.6 is 23.1 Å². The zero-order valence-corrected chi connectivity index (χ0v) is 16.4. The summed E-state index contributed by atoms with van der Waals surface area (Å²) < 4.78 is 2.06. The number of rotatable bonds is 9. The maximum Gasteiger partial charge on any atom is 0.230 e. The van der Waals surface area contributed by atoms with Crippen molar-refractivity contribution in [1.29, 1.82) is 0 Å². The van der Waals surface area contributed by atoms with Crippen LogP contribution in [0, 0.1) is 5.92 Å². The smallest absolute Gasteiger partial charge is 0.230 e. The van der Waals surface area contributed by atoms with Crippen LogP contribution < -0.4 is 5.32 Å². The third-order valence-corrected chi connectivity index (χ3v) is 5.52. The monoisotopic (exact) mass is 366 g/mol. The van der Waals surface area contributed by atoms with Crippen LogP contribution in [-0.2, 0) is 11.3 Å². The van der Waals surface area contributed by atoms with Gasteiger partial charge >= 0.3 is 0 Å².